The predicted octanol–water partition coefficient (Wildman–Crippen LogP) is 2.95. The minimum atomic E-state index is 0.251. The van der Waals surface area contributed by atoms with Crippen molar-refractivity contribution in [2.24, 2.45) is 5.92 Å². The third kappa shape index (κ3) is 3.79. The largest absolute Gasteiger partial charge is 0.378 e. The van der Waals surface area contributed by atoms with Gasteiger partial charge in [0.05, 0.1) is 6.10 Å². The summed E-state index contributed by atoms with van der Waals surface area (Å²) in [5.74, 6) is 0.652. The summed E-state index contributed by atoms with van der Waals surface area (Å²) in [4.78, 5) is 11.3. The summed E-state index contributed by atoms with van der Waals surface area (Å²) in [6.07, 6.45) is 6.91. The van der Waals surface area contributed by atoms with Crippen LogP contribution in [0.5, 0.6) is 0 Å². The van der Waals surface area contributed by atoms with Crippen LogP contribution in [0.4, 0.5) is 0 Å². The Kier molecular flexibility index (Phi) is 5.16. The molecule has 0 amide bonds. The van der Waals surface area contributed by atoms with Gasteiger partial charge in [-0.2, -0.15) is 0 Å². The summed E-state index contributed by atoms with van der Waals surface area (Å²) < 4.78 is 5.54. The van der Waals surface area contributed by atoms with Crippen molar-refractivity contribution in [3.8, 4) is 0 Å². The minimum Gasteiger partial charge on any atom is -0.378 e. The topological polar surface area (TPSA) is 26.3 Å². The molecule has 2 nitrogen and oxygen atoms in total. The quantitative estimate of drug-likeness (QED) is 0.656. The number of carbonyl (C=O) groups excluding carboxylic acids is 1. The third-order valence-corrected chi connectivity index (χ3v) is 3.09. The Morgan fingerprint density at radius 3 is 2.93 bits per heavy atom. The van der Waals surface area contributed by atoms with E-state index in [2.05, 4.69) is 0 Å². The zero-order valence-corrected chi connectivity index (χ0v) is 9.42. The van der Waals surface area contributed by atoms with E-state index in [1.807, 2.05) is 13.8 Å². The molecule has 1 fully saturated rings. The number of rotatable bonds is 6. The second kappa shape index (κ2) is 6.18. The van der Waals surface area contributed by atoms with Crippen molar-refractivity contribution in [1.82, 2.24) is 0 Å². The molecule has 0 radical (unpaired) electrons. The first-order chi connectivity index (χ1) is 6.74. The highest BCUT2D eigenvalue weighted by Crippen LogP contribution is 2.19. The van der Waals surface area contributed by atoms with E-state index < -0.39 is 0 Å². The number of hydrogen-bond acceptors (Lipinski definition) is 2. The van der Waals surface area contributed by atoms with Crippen LogP contribution in [0.1, 0.15) is 52.4 Å². The van der Waals surface area contributed by atoms with Gasteiger partial charge in [0.15, 0.2) is 0 Å². The van der Waals surface area contributed by atoms with E-state index in [9.17, 15) is 4.79 Å². The molecule has 1 aliphatic heterocycles. The molecule has 0 aromatic heterocycles. The van der Waals surface area contributed by atoms with Crippen LogP contribution in [0.2, 0.25) is 0 Å². The monoisotopic (exact) mass is 198 g/mol. The van der Waals surface area contributed by atoms with Gasteiger partial charge >= 0.3 is 0 Å². The summed E-state index contributed by atoms with van der Waals surface area (Å²) in [5.41, 5.74) is 0. The molecule has 2 atom stereocenters. The average molecular weight is 198 g/mol. The van der Waals surface area contributed by atoms with Gasteiger partial charge in [-0.05, 0) is 25.7 Å². The van der Waals surface area contributed by atoms with Gasteiger partial charge in [-0.15, -0.1) is 0 Å². The van der Waals surface area contributed by atoms with E-state index in [4.69, 9.17) is 4.74 Å². The highest BCUT2D eigenvalue weighted by molar-refractivity contribution is 5.80. The highest BCUT2D eigenvalue weighted by atomic mass is 16.5. The van der Waals surface area contributed by atoms with E-state index in [0.717, 1.165) is 25.9 Å². The summed E-state index contributed by atoms with van der Waals surface area (Å²) >= 11 is 0. The first kappa shape index (κ1) is 11.7. The molecule has 1 aliphatic rings. The number of carbonyl (C=O) groups is 1. The zero-order chi connectivity index (χ0) is 10.4. The van der Waals surface area contributed by atoms with Gasteiger partial charge in [-0.3, -0.25) is 4.79 Å². The lowest BCUT2D eigenvalue weighted by molar-refractivity contribution is -0.122. The summed E-state index contributed by atoms with van der Waals surface area (Å²) in [7, 11) is 0. The molecule has 14 heavy (non-hydrogen) atoms. The molecule has 2 heteroatoms. The molecule has 1 saturated heterocycles. The van der Waals surface area contributed by atoms with Gasteiger partial charge in [0.1, 0.15) is 5.78 Å². The van der Waals surface area contributed by atoms with Crippen molar-refractivity contribution in [3.63, 3.8) is 0 Å². The SMILES string of the molecule is CCC(=O)C(C)CCCC1CCCO1. The molecule has 0 aromatic rings. The van der Waals surface area contributed by atoms with Crippen molar-refractivity contribution in [2.75, 3.05) is 6.61 Å². The first-order valence-corrected chi connectivity index (χ1v) is 5.88. The Hall–Kier alpha value is -0.370. The molecular weight excluding hydrogens is 176 g/mol. The molecule has 0 saturated carbocycles. The van der Waals surface area contributed by atoms with Gasteiger partial charge in [0.2, 0.25) is 0 Å². The Balaban J connectivity index is 2.05. The van der Waals surface area contributed by atoms with Crippen LogP contribution in [0.25, 0.3) is 0 Å². The second-order valence-electron chi connectivity index (χ2n) is 4.29. The van der Waals surface area contributed by atoms with Gasteiger partial charge in [0, 0.05) is 18.9 Å². The molecule has 0 N–H and O–H groups in total. The van der Waals surface area contributed by atoms with Gasteiger partial charge in [0.25, 0.3) is 0 Å². The standard InChI is InChI=1S/C12H22O2/c1-3-12(13)10(2)6-4-7-11-8-5-9-14-11/h10-11H,3-9H2,1-2H3. The van der Waals surface area contributed by atoms with Crippen molar-refractivity contribution >= 4 is 5.78 Å². The van der Waals surface area contributed by atoms with Crippen molar-refractivity contribution in [2.45, 2.75) is 58.5 Å². The molecule has 0 spiro atoms. The van der Waals surface area contributed by atoms with Crippen LogP contribution in [0.3, 0.4) is 0 Å². The van der Waals surface area contributed by atoms with E-state index in [0.29, 0.717) is 18.3 Å². The molecular formula is C12H22O2. The fourth-order valence-corrected chi connectivity index (χ4v) is 2.03. The normalized spacial score (nSPS) is 23.7. The van der Waals surface area contributed by atoms with E-state index in [-0.39, 0.29) is 5.92 Å². The molecule has 1 heterocycles. The third-order valence-electron chi connectivity index (χ3n) is 3.09. The van der Waals surface area contributed by atoms with Gasteiger partial charge < -0.3 is 4.74 Å². The number of Topliss-reactive ketones (excluding diaryl/α,β-unsaturated/α-hetero) is 1. The number of hydrogen-bond donors (Lipinski definition) is 0. The first-order valence-electron chi connectivity index (χ1n) is 5.88. The minimum absolute atomic E-state index is 0.251. The molecule has 2 unspecified atom stereocenters. The van der Waals surface area contributed by atoms with Crippen LogP contribution in [0.15, 0.2) is 0 Å². The maximum Gasteiger partial charge on any atom is 0.135 e. The van der Waals surface area contributed by atoms with Crippen LogP contribution >= 0.6 is 0 Å². The lowest BCUT2D eigenvalue weighted by Crippen LogP contribution is -2.11. The molecule has 1 rings (SSSR count). The van der Waals surface area contributed by atoms with Gasteiger partial charge in [-0.1, -0.05) is 20.3 Å². The van der Waals surface area contributed by atoms with Crippen LogP contribution < -0.4 is 0 Å². The maximum absolute atomic E-state index is 11.3. The van der Waals surface area contributed by atoms with E-state index in [1.165, 1.54) is 12.8 Å². The van der Waals surface area contributed by atoms with E-state index in [1.54, 1.807) is 0 Å². The fraction of sp³-hybridized carbons (Fsp3) is 0.917. The molecule has 0 bridgehead atoms. The number of ketones is 1. The molecule has 0 aromatic carbocycles. The maximum atomic E-state index is 11.3. The van der Waals surface area contributed by atoms with Crippen molar-refractivity contribution in [3.05, 3.63) is 0 Å². The van der Waals surface area contributed by atoms with Crippen LogP contribution in [0, 0.1) is 5.92 Å². The zero-order valence-electron chi connectivity index (χ0n) is 9.42. The van der Waals surface area contributed by atoms with Crippen LogP contribution in [-0.4, -0.2) is 18.5 Å². The lowest BCUT2D eigenvalue weighted by Gasteiger charge is -2.11. The number of ether oxygens (including phenoxy) is 1. The van der Waals surface area contributed by atoms with Gasteiger partial charge in [-0.25, -0.2) is 0 Å². The van der Waals surface area contributed by atoms with Crippen LogP contribution in [-0.2, 0) is 9.53 Å². The smallest absolute Gasteiger partial charge is 0.135 e. The van der Waals surface area contributed by atoms with Crippen molar-refractivity contribution < 1.29 is 9.53 Å². The summed E-state index contributed by atoms with van der Waals surface area (Å²) in [6.45, 7) is 4.92. The predicted molar refractivity (Wildman–Crippen MR) is 57.3 cm³/mol. The molecule has 82 valence electrons. The fourth-order valence-electron chi connectivity index (χ4n) is 2.03. The lowest BCUT2D eigenvalue weighted by atomic mass is 9.96. The Morgan fingerprint density at radius 2 is 2.36 bits per heavy atom. The second-order valence-corrected chi connectivity index (χ2v) is 4.29. The molecule has 0 aliphatic carbocycles. The van der Waals surface area contributed by atoms with Crippen molar-refractivity contribution in [1.29, 1.82) is 0 Å². The van der Waals surface area contributed by atoms with E-state index >= 15 is 0 Å². The Bertz CT molecular complexity index is 171. The average Bonchev–Trinajstić information content (AvgIpc) is 2.69. The Morgan fingerprint density at radius 1 is 1.57 bits per heavy atom. The summed E-state index contributed by atoms with van der Waals surface area (Å²) in [6, 6.07) is 0. The summed E-state index contributed by atoms with van der Waals surface area (Å²) in [5, 5.41) is 0. The highest BCUT2D eigenvalue weighted by Gasteiger charge is 2.16. The Labute approximate surface area is 87.0 Å².